The molecular weight excluding hydrogens is 421 g/mol. The molecule has 1 N–H and O–H groups in total. The van der Waals surface area contributed by atoms with E-state index in [4.69, 9.17) is 4.42 Å². The summed E-state index contributed by atoms with van der Waals surface area (Å²) in [5, 5.41) is 2.85. The van der Waals surface area contributed by atoms with Gasteiger partial charge in [-0.05, 0) is 73.0 Å². The van der Waals surface area contributed by atoms with Crippen LogP contribution in [0.1, 0.15) is 47.2 Å². The van der Waals surface area contributed by atoms with Crippen molar-refractivity contribution in [1.82, 2.24) is 4.90 Å². The molecule has 1 unspecified atom stereocenters. The molecule has 0 saturated heterocycles. The Morgan fingerprint density at radius 2 is 1.73 bits per heavy atom. The van der Waals surface area contributed by atoms with Crippen molar-refractivity contribution in [2.75, 3.05) is 24.3 Å². The number of anilines is 2. The first-order valence-electron chi connectivity index (χ1n) is 10.9. The fourth-order valence-corrected chi connectivity index (χ4v) is 3.53. The zero-order valence-corrected chi connectivity index (χ0v) is 19.6. The summed E-state index contributed by atoms with van der Waals surface area (Å²) >= 11 is 0. The van der Waals surface area contributed by atoms with Gasteiger partial charge in [0.25, 0.3) is 11.8 Å². The highest BCUT2D eigenvalue weighted by molar-refractivity contribution is 6.02. The molecule has 3 rings (SSSR count). The lowest BCUT2D eigenvalue weighted by molar-refractivity contribution is 0.0628. The predicted octanol–water partition coefficient (Wildman–Crippen LogP) is 5.42. The Bertz CT molecular complexity index is 1090. The molecule has 1 aromatic heterocycles. The molecule has 7 heteroatoms. The van der Waals surface area contributed by atoms with Gasteiger partial charge >= 0.3 is 0 Å². The van der Waals surface area contributed by atoms with E-state index in [-0.39, 0.29) is 35.4 Å². The Kier molecular flexibility index (Phi) is 7.53. The Morgan fingerprint density at radius 3 is 2.30 bits per heavy atom. The van der Waals surface area contributed by atoms with Crippen molar-refractivity contribution in [3.63, 3.8) is 0 Å². The van der Waals surface area contributed by atoms with Gasteiger partial charge in [0.15, 0.2) is 5.76 Å². The molecule has 0 saturated carbocycles. The van der Waals surface area contributed by atoms with Gasteiger partial charge in [0.05, 0.1) is 6.26 Å². The van der Waals surface area contributed by atoms with Crippen LogP contribution < -0.4 is 10.2 Å². The summed E-state index contributed by atoms with van der Waals surface area (Å²) < 4.78 is 18.6. The summed E-state index contributed by atoms with van der Waals surface area (Å²) in [5.74, 6) is -0.483. The van der Waals surface area contributed by atoms with Crippen LogP contribution in [0.5, 0.6) is 0 Å². The van der Waals surface area contributed by atoms with Gasteiger partial charge in [-0.15, -0.1) is 0 Å². The lowest BCUT2D eigenvalue weighted by Gasteiger charge is -2.33. The molecule has 2 aromatic carbocycles. The number of carbonyl (C=O) groups excluding carboxylic acids is 2. The van der Waals surface area contributed by atoms with E-state index < -0.39 is 0 Å². The van der Waals surface area contributed by atoms with Crippen molar-refractivity contribution in [2.45, 2.75) is 33.4 Å². The fraction of sp³-hybridized carbons (Fsp3) is 0.308. The van der Waals surface area contributed by atoms with Crippen LogP contribution >= 0.6 is 0 Å². The van der Waals surface area contributed by atoms with Crippen LogP contribution in [0.15, 0.2) is 65.3 Å². The van der Waals surface area contributed by atoms with Crippen LogP contribution in [0.4, 0.5) is 15.8 Å². The second-order valence-corrected chi connectivity index (χ2v) is 8.59. The number of benzene rings is 2. The number of carbonyl (C=O) groups is 2. The van der Waals surface area contributed by atoms with Crippen molar-refractivity contribution < 1.29 is 18.4 Å². The third kappa shape index (κ3) is 5.80. The number of hydrogen-bond acceptors (Lipinski definition) is 4. The molecule has 0 spiro atoms. The normalized spacial score (nSPS) is 11.8. The average Bonchev–Trinajstić information content (AvgIpc) is 3.32. The molecule has 2 amide bonds. The number of hydrogen-bond donors (Lipinski definition) is 1. The number of rotatable bonds is 8. The third-order valence-corrected chi connectivity index (χ3v) is 5.71. The minimum Gasteiger partial charge on any atom is -0.459 e. The van der Waals surface area contributed by atoms with Gasteiger partial charge in [0.1, 0.15) is 5.82 Å². The summed E-state index contributed by atoms with van der Waals surface area (Å²) in [6.45, 7) is 6.45. The second kappa shape index (κ2) is 10.3. The summed E-state index contributed by atoms with van der Waals surface area (Å²) in [5.41, 5.74) is 2.83. The lowest BCUT2D eigenvalue weighted by atomic mass is 10.0. The van der Waals surface area contributed by atoms with Crippen molar-refractivity contribution >= 4 is 23.2 Å². The zero-order chi connectivity index (χ0) is 24.1. The summed E-state index contributed by atoms with van der Waals surface area (Å²) in [7, 11) is 3.86. The van der Waals surface area contributed by atoms with Gasteiger partial charge in [-0.3, -0.25) is 9.59 Å². The molecule has 0 bridgehead atoms. The van der Waals surface area contributed by atoms with Crippen LogP contribution in [-0.2, 0) is 6.54 Å². The van der Waals surface area contributed by atoms with Gasteiger partial charge in [-0.25, -0.2) is 4.39 Å². The Hall–Kier alpha value is -3.61. The lowest BCUT2D eigenvalue weighted by Crippen LogP contribution is -2.41. The monoisotopic (exact) mass is 451 g/mol. The van der Waals surface area contributed by atoms with E-state index in [0.717, 1.165) is 11.3 Å². The van der Waals surface area contributed by atoms with E-state index in [1.54, 1.807) is 17.0 Å². The average molecular weight is 452 g/mol. The summed E-state index contributed by atoms with van der Waals surface area (Å²) in [6.07, 6.45) is 1.45. The van der Waals surface area contributed by atoms with Gasteiger partial charge in [-0.2, -0.15) is 0 Å². The molecule has 0 aliphatic heterocycles. The standard InChI is InChI=1S/C26H30FN3O3/c1-17(2)18(3)30(26(32)19-8-10-21(27)11-9-19)16-20-15-22(12-13-23(20)29(4)5)28-25(31)24-7-6-14-33-24/h6-15,17-18H,16H2,1-5H3,(H,28,31). The molecule has 6 nitrogen and oxygen atoms in total. The van der Waals surface area contributed by atoms with Crippen LogP contribution in [0.25, 0.3) is 0 Å². The maximum Gasteiger partial charge on any atom is 0.291 e. The Labute approximate surface area is 194 Å². The van der Waals surface area contributed by atoms with Crippen molar-refractivity contribution in [3.8, 4) is 0 Å². The van der Waals surface area contributed by atoms with E-state index >= 15 is 0 Å². The van der Waals surface area contributed by atoms with Gasteiger partial charge < -0.3 is 19.5 Å². The molecule has 33 heavy (non-hydrogen) atoms. The van der Waals surface area contributed by atoms with E-state index in [1.807, 2.05) is 44.1 Å². The smallest absolute Gasteiger partial charge is 0.291 e. The maximum absolute atomic E-state index is 13.4. The quantitative estimate of drug-likeness (QED) is 0.496. The number of halogens is 1. The number of nitrogens with zero attached hydrogens (tertiary/aromatic N) is 2. The van der Waals surface area contributed by atoms with E-state index in [9.17, 15) is 14.0 Å². The van der Waals surface area contributed by atoms with Gasteiger partial charge in [0, 0.05) is 43.6 Å². The molecule has 1 atom stereocenters. The second-order valence-electron chi connectivity index (χ2n) is 8.59. The third-order valence-electron chi connectivity index (χ3n) is 5.71. The van der Waals surface area contributed by atoms with Crippen molar-refractivity contribution in [2.24, 2.45) is 5.92 Å². The van der Waals surface area contributed by atoms with E-state index in [0.29, 0.717) is 17.8 Å². The topological polar surface area (TPSA) is 65.8 Å². The molecule has 174 valence electrons. The van der Waals surface area contributed by atoms with E-state index in [1.165, 1.54) is 30.5 Å². The number of amides is 2. The number of nitrogens with one attached hydrogen (secondary N) is 1. The first-order chi connectivity index (χ1) is 15.7. The summed E-state index contributed by atoms with van der Waals surface area (Å²) in [6, 6.07) is 14.4. The van der Waals surface area contributed by atoms with Crippen LogP contribution in [-0.4, -0.2) is 36.9 Å². The van der Waals surface area contributed by atoms with Crippen LogP contribution in [0.2, 0.25) is 0 Å². The predicted molar refractivity (Wildman–Crippen MR) is 128 cm³/mol. The minimum absolute atomic E-state index is 0.0704. The fourth-order valence-electron chi connectivity index (χ4n) is 3.53. The molecule has 0 aliphatic rings. The van der Waals surface area contributed by atoms with Crippen molar-refractivity contribution in [1.29, 1.82) is 0 Å². The highest BCUT2D eigenvalue weighted by atomic mass is 19.1. The molecule has 3 aromatic rings. The zero-order valence-electron chi connectivity index (χ0n) is 19.6. The maximum atomic E-state index is 13.4. The molecule has 0 aliphatic carbocycles. The molecule has 0 fully saturated rings. The van der Waals surface area contributed by atoms with Crippen LogP contribution in [0, 0.1) is 11.7 Å². The summed E-state index contributed by atoms with van der Waals surface area (Å²) in [4.78, 5) is 29.6. The van der Waals surface area contributed by atoms with Crippen molar-refractivity contribution in [3.05, 3.63) is 83.6 Å². The van der Waals surface area contributed by atoms with Gasteiger partial charge in [-0.1, -0.05) is 13.8 Å². The van der Waals surface area contributed by atoms with Gasteiger partial charge in [0.2, 0.25) is 0 Å². The highest BCUT2D eigenvalue weighted by Crippen LogP contribution is 2.27. The van der Waals surface area contributed by atoms with E-state index in [2.05, 4.69) is 19.2 Å². The highest BCUT2D eigenvalue weighted by Gasteiger charge is 2.25. The minimum atomic E-state index is -0.384. The first kappa shape index (κ1) is 24.0. The largest absolute Gasteiger partial charge is 0.459 e. The SMILES string of the molecule is CC(C)C(C)N(Cc1cc(NC(=O)c2ccco2)ccc1N(C)C)C(=O)c1ccc(F)cc1. The molecular formula is C26H30FN3O3. The van der Waals surface area contributed by atoms with Crippen LogP contribution in [0.3, 0.4) is 0 Å². The Morgan fingerprint density at radius 1 is 1.03 bits per heavy atom. The first-order valence-corrected chi connectivity index (χ1v) is 10.9. The Balaban J connectivity index is 1.95. The molecule has 0 radical (unpaired) electrons. The number of furan rings is 1. The molecule has 1 heterocycles.